The normalized spacial score (nSPS) is 11.4. The summed E-state index contributed by atoms with van der Waals surface area (Å²) in [5.41, 5.74) is 6.16. The molecule has 0 heterocycles. The second-order valence-corrected chi connectivity index (χ2v) is 5.90. The molecule has 0 bridgehead atoms. The van der Waals surface area contributed by atoms with Gasteiger partial charge in [0.05, 0.1) is 0 Å². The number of halogens is 1. The first-order chi connectivity index (χ1) is 8.83. The third-order valence-corrected chi connectivity index (χ3v) is 2.71. The van der Waals surface area contributed by atoms with Gasteiger partial charge in [0.1, 0.15) is 5.82 Å². The van der Waals surface area contributed by atoms with Crippen molar-refractivity contribution in [3.63, 3.8) is 0 Å². The molecule has 1 amide bonds. The molecule has 19 heavy (non-hydrogen) atoms. The zero-order valence-electron chi connectivity index (χ0n) is 11.9. The molecule has 0 radical (unpaired) electrons. The molecule has 3 nitrogen and oxygen atoms in total. The van der Waals surface area contributed by atoms with Gasteiger partial charge >= 0.3 is 0 Å². The van der Waals surface area contributed by atoms with Crippen LogP contribution >= 0.6 is 0 Å². The molecule has 0 aliphatic rings. The van der Waals surface area contributed by atoms with Crippen molar-refractivity contribution >= 4 is 11.6 Å². The Morgan fingerprint density at radius 3 is 2.32 bits per heavy atom. The molecule has 0 saturated heterocycles. The number of hydrogen-bond acceptors (Lipinski definition) is 2. The van der Waals surface area contributed by atoms with Gasteiger partial charge in [-0.1, -0.05) is 20.8 Å². The van der Waals surface area contributed by atoms with Crippen molar-refractivity contribution in [3.8, 4) is 0 Å². The Balaban J connectivity index is 2.87. The van der Waals surface area contributed by atoms with Crippen molar-refractivity contribution in [2.75, 3.05) is 18.0 Å². The number of carbonyl (C=O) groups excluding carboxylic acids is 1. The van der Waals surface area contributed by atoms with E-state index in [1.807, 2.05) is 20.8 Å². The minimum absolute atomic E-state index is 0.0487. The van der Waals surface area contributed by atoms with Crippen LogP contribution in [0.1, 0.15) is 33.6 Å². The molecular formula is C15H23FN2O. The Kier molecular flexibility index (Phi) is 5.48. The highest BCUT2D eigenvalue weighted by Crippen LogP contribution is 2.23. The third-order valence-electron chi connectivity index (χ3n) is 2.71. The monoisotopic (exact) mass is 266 g/mol. The summed E-state index contributed by atoms with van der Waals surface area (Å²) < 4.78 is 13.0. The summed E-state index contributed by atoms with van der Waals surface area (Å²) in [6, 6.07) is 6.00. The van der Waals surface area contributed by atoms with E-state index in [4.69, 9.17) is 5.73 Å². The average Bonchev–Trinajstić information content (AvgIpc) is 2.29. The van der Waals surface area contributed by atoms with Gasteiger partial charge in [-0.2, -0.15) is 0 Å². The topological polar surface area (TPSA) is 46.3 Å². The number of benzene rings is 1. The number of anilines is 1. The summed E-state index contributed by atoms with van der Waals surface area (Å²) in [5, 5.41) is 0. The van der Waals surface area contributed by atoms with Gasteiger partial charge in [-0.25, -0.2) is 4.39 Å². The molecule has 2 N–H and O–H groups in total. The molecule has 0 aliphatic heterocycles. The summed E-state index contributed by atoms with van der Waals surface area (Å²) in [7, 11) is 0. The largest absolute Gasteiger partial charge is 0.330 e. The van der Waals surface area contributed by atoms with Crippen molar-refractivity contribution < 1.29 is 9.18 Å². The minimum Gasteiger partial charge on any atom is -0.330 e. The standard InChI is InChI=1S/C15H23FN2O/c1-15(2,3)11-14(19)18(10-4-9-17)13-7-5-12(16)6-8-13/h5-8H,4,9-11,17H2,1-3H3. The van der Waals surface area contributed by atoms with Crippen LogP contribution < -0.4 is 10.6 Å². The fourth-order valence-electron chi connectivity index (χ4n) is 1.82. The lowest BCUT2D eigenvalue weighted by molar-refractivity contribution is -0.120. The Morgan fingerprint density at radius 1 is 1.26 bits per heavy atom. The number of nitrogens with zero attached hydrogens (tertiary/aromatic N) is 1. The van der Waals surface area contributed by atoms with Crippen molar-refractivity contribution in [2.45, 2.75) is 33.6 Å². The summed E-state index contributed by atoms with van der Waals surface area (Å²) in [6.07, 6.45) is 1.18. The molecular weight excluding hydrogens is 243 g/mol. The van der Waals surface area contributed by atoms with Crippen LogP contribution in [0, 0.1) is 11.2 Å². The van der Waals surface area contributed by atoms with Crippen LogP contribution in [0.5, 0.6) is 0 Å². The first-order valence-electron chi connectivity index (χ1n) is 6.59. The fourth-order valence-corrected chi connectivity index (χ4v) is 1.82. The van der Waals surface area contributed by atoms with E-state index < -0.39 is 0 Å². The summed E-state index contributed by atoms with van der Waals surface area (Å²) >= 11 is 0. The smallest absolute Gasteiger partial charge is 0.227 e. The van der Waals surface area contributed by atoms with Crippen LogP contribution in [0.3, 0.4) is 0 Å². The maximum Gasteiger partial charge on any atom is 0.227 e. The molecule has 1 aromatic rings. The van der Waals surface area contributed by atoms with Gasteiger partial charge < -0.3 is 10.6 Å². The van der Waals surface area contributed by atoms with Crippen LogP contribution in [-0.2, 0) is 4.79 Å². The first-order valence-corrected chi connectivity index (χ1v) is 6.59. The molecule has 0 atom stereocenters. The molecule has 4 heteroatoms. The third kappa shape index (κ3) is 5.39. The predicted octanol–water partition coefficient (Wildman–Crippen LogP) is 2.94. The molecule has 0 aromatic heterocycles. The van der Waals surface area contributed by atoms with Crippen molar-refractivity contribution in [2.24, 2.45) is 11.1 Å². The molecule has 0 aliphatic carbocycles. The quantitative estimate of drug-likeness (QED) is 0.890. The Labute approximate surface area is 114 Å². The lowest BCUT2D eigenvalue weighted by Crippen LogP contribution is -2.35. The van der Waals surface area contributed by atoms with E-state index in [0.717, 1.165) is 12.1 Å². The van der Waals surface area contributed by atoms with Gasteiger partial charge in [0, 0.05) is 18.7 Å². The predicted molar refractivity (Wildman–Crippen MR) is 76.5 cm³/mol. The lowest BCUT2D eigenvalue weighted by atomic mass is 9.91. The second-order valence-electron chi connectivity index (χ2n) is 5.90. The molecule has 106 valence electrons. The van der Waals surface area contributed by atoms with E-state index >= 15 is 0 Å². The summed E-state index contributed by atoms with van der Waals surface area (Å²) in [6.45, 7) is 7.17. The Morgan fingerprint density at radius 2 is 1.84 bits per heavy atom. The Hall–Kier alpha value is -1.42. The van der Waals surface area contributed by atoms with Crippen molar-refractivity contribution in [3.05, 3.63) is 30.1 Å². The number of amides is 1. The van der Waals surface area contributed by atoms with Gasteiger partial charge in [0.2, 0.25) is 5.91 Å². The maximum atomic E-state index is 13.0. The van der Waals surface area contributed by atoms with Crippen molar-refractivity contribution in [1.29, 1.82) is 0 Å². The number of nitrogens with two attached hydrogens (primary N) is 1. The molecule has 0 fully saturated rings. The molecule has 0 spiro atoms. The fraction of sp³-hybridized carbons (Fsp3) is 0.533. The molecule has 1 rings (SSSR count). The van der Waals surface area contributed by atoms with E-state index in [-0.39, 0.29) is 17.1 Å². The van der Waals surface area contributed by atoms with Crippen LogP contribution in [0.2, 0.25) is 0 Å². The summed E-state index contributed by atoms with van der Waals surface area (Å²) in [4.78, 5) is 14.0. The molecule has 1 aromatic carbocycles. The van der Waals surface area contributed by atoms with Crippen LogP contribution in [0.25, 0.3) is 0 Å². The summed E-state index contributed by atoms with van der Waals surface area (Å²) in [5.74, 6) is -0.252. The average molecular weight is 266 g/mol. The number of hydrogen-bond donors (Lipinski definition) is 1. The zero-order valence-corrected chi connectivity index (χ0v) is 11.9. The van der Waals surface area contributed by atoms with Crippen LogP contribution in [-0.4, -0.2) is 19.0 Å². The van der Waals surface area contributed by atoms with E-state index in [0.29, 0.717) is 19.5 Å². The van der Waals surface area contributed by atoms with E-state index in [9.17, 15) is 9.18 Å². The molecule has 0 saturated carbocycles. The Bertz CT molecular complexity index is 409. The van der Waals surface area contributed by atoms with Gasteiger partial charge in [0.25, 0.3) is 0 Å². The first kappa shape index (κ1) is 15.6. The van der Waals surface area contributed by atoms with Gasteiger partial charge in [-0.3, -0.25) is 4.79 Å². The van der Waals surface area contributed by atoms with Gasteiger partial charge in [-0.15, -0.1) is 0 Å². The van der Waals surface area contributed by atoms with E-state index in [1.165, 1.54) is 12.1 Å². The minimum atomic E-state index is -0.300. The maximum absolute atomic E-state index is 13.0. The van der Waals surface area contributed by atoms with Gasteiger partial charge in [-0.05, 0) is 42.6 Å². The SMILES string of the molecule is CC(C)(C)CC(=O)N(CCCN)c1ccc(F)cc1. The van der Waals surface area contributed by atoms with Crippen LogP contribution in [0.15, 0.2) is 24.3 Å². The van der Waals surface area contributed by atoms with Crippen molar-refractivity contribution in [1.82, 2.24) is 0 Å². The van der Waals surface area contributed by atoms with E-state index in [1.54, 1.807) is 17.0 Å². The highest BCUT2D eigenvalue weighted by molar-refractivity contribution is 5.93. The highest BCUT2D eigenvalue weighted by Gasteiger charge is 2.22. The second kappa shape index (κ2) is 6.66. The lowest BCUT2D eigenvalue weighted by Gasteiger charge is -2.26. The number of carbonyl (C=O) groups is 1. The number of rotatable bonds is 5. The molecule has 0 unspecified atom stereocenters. The van der Waals surface area contributed by atoms with Crippen LogP contribution in [0.4, 0.5) is 10.1 Å². The van der Waals surface area contributed by atoms with E-state index in [2.05, 4.69) is 0 Å². The zero-order chi connectivity index (χ0) is 14.5. The highest BCUT2D eigenvalue weighted by atomic mass is 19.1. The van der Waals surface area contributed by atoms with Gasteiger partial charge in [0.15, 0.2) is 0 Å².